The van der Waals surface area contributed by atoms with Gasteiger partial charge in [0.1, 0.15) is 0 Å². The highest BCUT2D eigenvalue weighted by atomic mass is 32.2. The van der Waals surface area contributed by atoms with Crippen molar-refractivity contribution in [1.82, 2.24) is 14.3 Å². The maximum Gasteiger partial charge on any atom is 0.253 e. The van der Waals surface area contributed by atoms with Crippen LogP contribution in [0, 0.1) is 0 Å². The van der Waals surface area contributed by atoms with Crippen molar-refractivity contribution in [3.05, 3.63) is 60.4 Å². The van der Waals surface area contributed by atoms with Gasteiger partial charge in [-0.15, -0.1) is 0 Å². The van der Waals surface area contributed by atoms with Crippen LogP contribution in [0.4, 0.5) is 5.69 Å². The molecule has 0 saturated carbocycles. The van der Waals surface area contributed by atoms with Gasteiger partial charge in [0.2, 0.25) is 5.91 Å². The molecular weight excluding hydrogens is 360 g/mol. The lowest BCUT2D eigenvalue weighted by atomic mass is 10.2. The third-order valence-electron chi connectivity index (χ3n) is 4.20. The fourth-order valence-electron chi connectivity index (χ4n) is 2.74. The van der Waals surface area contributed by atoms with E-state index in [0.717, 1.165) is 10.7 Å². The van der Waals surface area contributed by atoms with Gasteiger partial charge in [-0.1, -0.05) is 17.8 Å². The van der Waals surface area contributed by atoms with Crippen LogP contribution < -0.4 is 5.32 Å². The molecule has 2 aromatic heterocycles. The number of fused-ring (bicyclic) bond motifs is 1. The van der Waals surface area contributed by atoms with E-state index < -0.39 is 0 Å². The topological polar surface area (TPSA) is 66.7 Å². The van der Waals surface area contributed by atoms with E-state index in [1.807, 2.05) is 42.6 Å². The van der Waals surface area contributed by atoms with Crippen molar-refractivity contribution in [1.29, 1.82) is 0 Å². The van der Waals surface area contributed by atoms with Gasteiger partial charge in [-0.25, -0.2) is 4.98 Å². The number of rotatable bonds is 7. The van der Waals surface area contributed by atoms with E-state index in [1.165, 1.54) is 11.8 Å². The molecule has 27 heavy (non-hydrogen) atoms. The lowest BCUT2D eigenvalue weighted by Crippen LogP contribution is -2.30. The van der Waals surface area contributed by atoms with Gasteiger partial charge in [-0.2, -0.15) is 0 Å². The normalized spacial score (nSPS) is 10.7. The molecule has 0 atom stereocenters. The Morgan fingerprint density at radius 3 is 2.56 bits per heavy atom. The Balaban J connectivity index is 1.57. The number of benzene rings is 1. The molecule has 6 nitrogen and oxygen atoms in total. The van der Waals surface area contributed by atoms with Gasteiger partial charge in [-0.05, 0) is 50.2 Å². The Kier molecular flexibility index (Phi) is 6.13. The molecule has 7 heteroatoms. The van der Waals surface area contributed by atoms with Crippen molar-refractivity contribution < 1.29 is 9.59 Å². The van der Waals surface area contributed by atoms with E-state index in [0.29, 0.717) is 24.3 Å². The van der Waals surface area contributed by atoms with Crippen molar-refractivity contribution in [2.24, 2.45) is 0 Å². The number of amides is 2. The number of thioether (sulfide) groups is 1. The molecule has 3 rings (SSSR count). The molecule has 0 radical (unpaired) electrons. The molecule has 140 valence electrons. The van der Waals surface area contributed by atoms with Gasteiger partial charge in [0.15, 0.2) is 5.16 Å². The molecule has 0 spiro atoms. The minimum Gasteiger partial charge on any atom is -0.339 e. The van der Waals surface area contributed by atoms with E-state index >= 15 is 0 Å². The lowest BCUT2D eigenvalue weighted by Gasteiger charge is -2.18. The summed E-state index contributed by atoms with van der Waals surface area (Å²) in [5, 5.41) is 3.63. The van der Waals surface area contributed by atoms with Crippen molar-refractivity contribution in [2.45, 2.75) is 19.0 Å². The second-order valence-corrected chi connectivity index (χ2v) is 6.87. The summed E-state index contributed by atoms with van der Waals surface area (Å²) in [5.41, 5.74) is 2.29. The third-order valence-corrected chi connectivity index (χ3v) is 5.17. The smallest absolute Gasteiger partial charge is 0.253 e. The summed E-state index contributed by atoms with van der Waals surface area (Å²) in [4.78, 5) is 30.6. The number of hydrogen-bond acceptors (Lipinski definition) is 4. The van der Waals surface area contributed by atoms with E-state index in [4.69, 9.17) is 0 Å². The summed E-state index contributed by atoms with van der Waals surface area (Å²) < 4.78 is 1.95. The van der Waals surface area contributed by atoms with E-state index in [-0.39, 0.29) is 17.6 Å². The first-order valence-corrected chi connectivity index (χ1v) is 9.85. The maximum atomic E-state index is 12.3. The number of carbonyl (C=O) groups excluding carboxylic acids is 2. The Bertz CT molecular complexity index is 933. The minimum absolute atomic E-state index is 0.000354. The first-order chi connectivity index (χ1) is 13.1. The highest BCUT2D eigenvalue weighted by Crippen LogP contribution is 2.19. The van der Waals surface area contributed by atoms with Gasteiger partial charge in [0.05, 0.1) is 17.5 Å². The van der Waals surface area contributed by atoms with Crippen molar-refractivity contribution >= 4 is 34.8 Å². The van der Waals surface area contributed by atoms with Gasteiger partial charge in [-0.3, -0.25) is 14.0 Å². The van der Waals surface area contributed by atoms with Crippen LogP contribution in [0.15, 0.2) is 60.0 Å². The first-order valence-electron chi connectivity index (χ1n) is 8.86. The zero-order valence-electron chi connectivity index (χ0n) is 15.4. The zero-order valence-corrected chi connectivity index (χ0v) is 16.2. The van der Waals surface area contributed by atoms with E-state index in [2.05, 4.69) is 10.3 Å². The number of nitrogens with zero attached hydrogens (tertiary/aromatic N) is 3. The Morgan fingerprint density at radius 2 is 1.85 bits per heavy atom. The maximum absolute atomic E-state index is 12.3. The Hall–Kier alpha value is -2.80. The molecular formula is C20H22N4O2S. The highest BCUT2D eigenvalue weighted by molar-refractivity contribution is 7.99. The molecule has 1 aromatic carbocycles. The second-order valence-electron chi connectivity index (χ2n) is 5.93. The number of hydrogen-bond donors (Lipinski definition) is 1. The number of nitrogens with one attached hydrogen (secondary N) is 1. The minimum atomic E-state index is -0.115. The molecule has 0 fully saturated rings. The van der Waals surface area contributed by atoms with Gasteiger partial charge >= 0.3 is 0 Å². The number of pyridine rings is 1. The van der Waals surface area contributed by atoms with Crippen LogP contribution in [-0.2, 0) is 4.79 Å². The summed E-state index contributed by atoms with van der Waals surface area (Å²) >= 11 is 1.38. The Morgan fingerprint density at radius 1 is 1.11 bits per heavy atom. The van der Waals surface area contributed by atoms with Crippen LogP contribution in [0.25, 0.3) is 5.52 Å². The lowest BCUT2D eigenvalue weighted by molar-refractivity contribution is -0.113. The Labute approximate surface area is 162 Å². The standard InChI is InChI=1S/C20H22N4O2S/c1-3-23(4-2)19(26)15-8-10-16(11-9-15)22-18(25)14-27-20-21-13-17-7-5-6-12-24(17)20/h5-13H,3-4,14H2,1-2H3,(H,22,25). The molecule has 0 bridgehead atoms. The molecule has 2 amide bonds. The van der Waals surface area contributed by atoms with Crippen molar-refractivity contribution in [3.8, 4) is 0 Å². The second kappa shape index (κ2) is 8.73. The van der Waals surface area contributed by atoms with E-state index in [9.17, 15) is 9.59 Å². The fraction of sp³-hybridized carbons (Fsp3) is 0.250. The molecule has 0 aliphatic carbocycles. The van der Waals surface area contributed by atoms with Crippen LogP contribution >= 0.6 is 11.8 Å². The van der Waals surface area contributed by atoms with Gasteiger partial charge < -0.3 is 10.2 Å². The zero-order chi connectivity index (χ0) is 19.2. The molecule has 2 heterocycles. The fourth-order valence-corrected chi connectivity index (χ4v) is 3.51. The first kappa shape index (κ1) is 19.0. The van der Waals surface area contributed by atoms with Crippen LogP contribution in [0.3, 0.4) is 0 Å². The summed E-state index contributed by atoms with van der Waals surface area (Å²) in [6.45, 7) is 5.26. The number of aromatic nitrogens is 2. The van der Waals surface area contributed by atoms with Crippen molar-refractivity contribution in [2.75, 3.05) is 24.2 Å². The molecule has 0 aliphatic rings. The predicted octanol–water partition coefficient (Wildman–Crippen LogP) is 3.55. The summed E-state index contributed by atoms with van der Waals surface area (Å²) in [6.07, 6.45) is 3.71. The van der Waals surface area contributed by atoms with E-state index in [1.54, 1.807) is 35.4 Å². The molecule has 0 unspecified atom stereocenters. The number of carbonyl (C=O) groups is 2. The average molecular weight is 382 g/mol. The average Bonchev–Trinajstić information content (AvgIpc) is 3.11. The molecule has 1 N–H and O–H groups in total. The monoisotopic (exact) mass is 382 g/mol. The van der Waals surface area contributed by atoms with Crippen LogP contribution in [0.5, 0.6) is 0 Å². The summed E-state index contributed by atoms with van der Waals surface area (Å²) in [6, 6.07) is 12.8. The molecule has 0 saturated heterocycles. The summed E-state index contributed by atoms with van der Waals surface area (Å²) in [7, 11) is 0. The highest BCUT2D eigenvalue weighted by Gasteiger charge is 2.13. The quantitative estimate of drug-likeness (QED) is 0.635. The van der Waals surface area contributed by atoms with Crippen LogP contribution in [-0.4, -0.2) is 44.9 Å². The third kappa shape index (κ3) is 4.49. The molecule has 3 aromatic rings. The van der Waals surface area contributed by atoms with Gasteiger partial charge in [0, 0.05) is 30.5 Å². The SMILES string of the molecule is CCN(CC)C(=O)c1ccc(NC(=O)CSc2ncc3ccccn23)cc1. The van der Waals surface area contributed by atoms with Crippen LogP contribution in [0.1, 0.15) is 24.2 Å². The van der Waals surface area contributed by atoms with Crippen LogP contribution in [0.2, 0.25) is 0 Å². The number of anilines is 1. The predicted molar refractivity (Wildman–Crippen MR) is 108 cm³/mol. The largest absolute Gasteiger partial charge is 0.339 e. The van der Waals surface area contributed by atoms with Crippen molar-refractivity contribution in [3.63, 3.8) is 0 Å². The number of imidazole rings is 1. The van der Waals surface area contributed by atoms with Gasteiger partial charge in [0.25, 0.3) is 5.91 Å². The summed E-state index contributed by atoms with van der Waals surface area (Å²) in [5.74, 6) is 0.142. The molecule has 0 aliphatic heterocycles.